The Morgan fingerprint density at radius 2 is 2.04 bits per heavy atom. The van der Waals surface area contributed by atoms with Gasteiger partial charge in [-0.3, -0.25) is 4.72 Å². The highest BCUT2D eigenvalue weighted by Gasteiger charge is 2.24. The number of aryl methyl sites for hydroxylation is 2. The van der Waals surface area contributed by atoms with Crippen molar-refractivity contribution in [3.8, 4) is 0 Å². The Labute approximate surface area is 136 Å². The Kier molecular flexibility index (Phi) is 5.25. The van der Waals surface area contributed by atoms with Crippen molar-refractivity contribution in [2.45, 2.75) is 38.5 Å². The minimum absolute atomic E-state index is 0.0587. The summed E-state index contributed by atoms with van der Waals surface area (Å²) in [5, 5.41) is 3.67. The van der Waals surface area contributed by atoms with Crippen molar-refractivity contribution in [1.82, 2.24) is 10.1 Å². The lowest BCUT2D eigenvalue weighted by molar-refractivity contribution is 0.390. The van der Waals surface area contributed by atoms with Crippen LogP contribution in [0.4, 0.5) is 11.5 Å². The second kappa shape index (κ2) is 6.99. The molecule has 1 N–H and O–H groups in total. The van der Waals surface area contributed by atoms with Crippen LogP contribution in [-0.4, -0.2) is 32.2 Å². The van der Waals surface area contributed by atoms with Crippen LogP contribution in [0, 0.1) is 13.8 Å². The number of nitrogens with one attached hydrogen (secondary N) is 1. The van der Waals surface area contributed by atoms with Crippen LogP contribution in [0.2, 0.25) is 0 Å². The molecular formula is C15H22N4O3S. The predicted molar refractivity (Wildman–Crippen MR) is 89.2 cm³/mol. The maximum absolute atomic E-state index is 12.4. The Bertz CT molecular complexity index is 734. The number of aromatic nitrogens is 2. The lowest BCUT2D eigenvalue weighted by Gasteiger charge is -2.18. The fourth-order valence-electron chi connectivity index (χ4n) is 2.24. The van der Waals surface area contributed by atoms with Gasteiger partial charge in [-0.1, -0.05) is 18.5 Å². The normalized spacial score (nSPS) is 11.5. The van der Waals surface area contributed by atoms with Crippen LogP contribution >= 0.6 is 0 Å². The maximum atomic E-state index is 12.4. The third-order valence-corrected chi connectivity index (χ3v) is 5.11. The zero-order valence-electron chi connectivity index (χ0n) is 13.8. The number of pyridine rings is 1. The van der Waals surface area contributed by atoms with E-state index in [-0.39, 0.29) is 16.5 Å². The quantitative estimate of drug-likeness (QED) is 0.835. The van der Waals surface area contributed by atoms with Crippen molar-refractivity contribution >= 4 is 21.5 Å². The second-order valence-electron chi connectivity index (χ2n) is 5.44. The van der Waals surface area contributed by atoms with E-state index >= 15 is 0 Å². The zero-order chi connectivity index (χ0) is 17.0. The van der Waals surface area contributed by atoms with Crippen molar-refractivity contribution in [2.24, 2.45) is 0 Å². The van der Waals surface area contributed by atoms with Crippen LogP contribution in [0.5, 0.6) is 0 Å². The largest absolute Gasteiger partial charge is 0.373 e. The molecule has 2 rings (SSSR count). The number of sulfonamides is 1. The lowest BCUT2D eigenvalue weighted by Crippen LogP contribution is -2.19. The third-order valence-electron chi connectivity index (χ3n) is 3.51. The van der Waals surface area contributed by atoms with Gasteiger partial charge < -0.3 is 9.42 Å². The van der Waals surface area contributed by atoms with E-state index in [1.807, 2.05) is 13.1 Å². The summed E-state index contributed by atoms with van der Waals surface area (Å²) in [5.74, 6) is 0.517. The van der Waals surface area contributed by atoms with Gasteiger partial charge in [0.1, 0.15) is 11.5 Å². The first kappa shape index (κ1) is 17.3. The first-order chi connectivity index (χ1) is 10.8. The number of anilines is 2. The molecule has 7 nitrogen and oxygen atoms in total. The molecule has 0 amide bonds. The van der Waals surface area contributed by atoms with Crippen LogP contribution in [-0.2, 0) is 10.0 Å². The summed E-state index contributed by atoms with van der Waals surface area (Å²) in [6.45, 7) is 6.22. The number of hydrogen-bond acceptors (Lipinski definition) is 6. The van der Waals surface area contributed by atoms with Gasteiger partial charge in [0.2, 0.25) is 0 Å². The Hall–Kier alpha value is -2.09. The summed E-state index contributed by atoms with van der Waals surface area (Å²) < 4.78 is 32.2. The molecule has 0 unspecified atom stereocenters. The summed E-state index contributed by atoms with van der Waals surface area (Å²) in [7, 11) is -1.77. The minimum atomic E-state index is -3.76. The van der Waals surface area contributed by atoms with Gasteiger partial charge in [-0.15, -0.1) is 0 Å². The average molecular weight is 338 g/mol. The molecule has 0 radical (unpaired) electrons. The first-order valence-corrected chi connectivity index (χ1v) is 8.96. The topological polar surface area (TPSA) is 88.3 Å². The molecule has 0 spiro atoms. The maximum Gasteiger partial charge on any atom is 0.268 e. The summed E-state index contributed by atoms with van der Waals surface area (Å²) in [6, 6.07) is 3.49. The Balaban J connectivity index is 2.15. The molecule has 126 valence electrons. The van der Waals surface area contributed by atoms with Crippen LogP contribution in [0.25, 0.3) is 0 Å². The molecule has 0 aliphatic heterocycles. The van der Waals surface area contributed by atoms with E-state index in [2.05, 4.69) is 26.7 Å². The highest BCUT2D eigenvalue weighted by atomic mass is 32.2. The van der Waals surface area contributed by atoms with Gasteiger partial charge >= 0.3 is 0 Å². The van der Waals surface area contributed by atoms with Gasteiger partial charge in [-0.25, -0.2) is 13.4 Å². The fraction of sp³-hybridized carbons (Fsp3) is 0.467. The summed E-state index contributed by atoms with van der Waals surface area (Å²) in [6.07, 6.45) is 3.87. The van der Waals surface area contributed by atoms with E-state index in [4.69, 9.17) is 4.52 Å². The van der Waals surface area contributed by atoms with Crippen molar-refractivity contribution in [3.63, 3.8) is 0 Å². The van der Waals surface area contributed by atoms with Crippen LogP contribution in [0.3, 0.4) is 0 Å². The van der Waals surface area contributed by atoms with Crippen molar-refractivity contribution in [2.75, 3.05) is 23.2 Å². The third kappa shape index (κ3) is 4.01. The standard InChI is InChI=1S/C15H22N4O3S/c1-5-6-9-19(4)13-7-8-14(16-10-13)18-23(20,21)15-11(2)17-22-12(15)3/h7-8,10H,5-6,9H2,1-4H3,(H,16,18). The van der Waals surface area contributed by atoms with Crippen molar-refractivity contribution in [1.29, 1.82) is 0 Å². The molecule has 2 aromatic heterocycles. The van der Waals surface area contributed by atoms with Gasteiger partial charge in [0.05, 0.1) is 11.9 Å². The fourth-order valence-corrected chi connectivity index (χ4v) is 3.58. The predicted octanol–water partition coefficient (Wildman–Crippen LogP) is 2.72. The minimum Gasteiger partial charge on any atom is -0.373 e. The van der Waals surface area contributed by atoms with Gasteiger partial charge in [-0.2, -0.15) is 0 Å². The van der Waals surface area contributed by atoms with Crippen LogP contribution in [0.1, 0.15) is 31.2 Å². The lowest BCUT2D eigenvalue weighted by atomic mass is 10.3. The van der Waals surface area contributed by atoms with E-state index in [0.717, 1.165) is 25.1 Å². The number of hydrogen-bond donors (Lipinski definition) is 1. The van der Waals surface area contributed by atoms with Gasteiger partial charge in [0.15, 0.2) is 10.7 Å². The van der Waals surface area contributed by atoms with Crippen molar-refractivity contribution < 1.29 is 12.9 Å². The van der Waals surface area contributed by atoms with E-state index in [9.17, 15) is 8.42 Å². The molecule has 2 aromatic rings. The van der Waals surface area contributed by atoms with Crippen LogP contribution < -0.4 is 9.62 Å². The molecule has 0 aliphatic carbocycles. The molecule has 0 saturated carbocycles. The number of nitrogens with zero attached hydrogens (tertiary/aromatic N) is 3. The van der Waals surface area contributed by atoms with Gasteiger partial charge in [0.25, 0.3) is 10.0 Å². The molecule has 2 heterocycles. The van der Waals surface area contributed by atoms with Gasteiger partial charge in [-0.05, 0) is 32.4 Å². The smallest absolute Gasteiger partial charge is 0.268 e. The molecule has 23 heavy (non-hydrogen) atoms. The van der Waals surface area contributed by atoms with Gasteiger partial charge in [0, 0.05) is 13.6 Å². The SMILES string of the molecule is CCCCN(C)c1ccc(NS(=O)(=O)c2c(C)noc2C)nc1. The molecule has 0 atom stereocenters. The molecule has 0 bridgehead atoms. The monoisotopic (exact) mass is 338 g/mol. The second-order valence-corrected chi connectivity index (χ2v) is 7.05. The van der Waals surface area contributed by atoms with Crippen LogP contribution in [0.15, 0.2) is 27.7 Å². The van der Waals surface area contributed by atoms with E-state index in [1.165, 1.54) is 0 Å². The first-order valence-electron chi connectivity index (χ1n) is 7.48. The Morgan fingerprint density at radius 3 is 2.57 bits per heavy atom. The van der Waals surface area contributed by atoms with E-state index < -0.39 is 10.0 Å². The average Bonchev–Trinajstić information content (AvgIpc) is 2.85. The highest BCUT2D eigenvalue weighted by Crippen LogP contribution is 2.22. The molecule has 0 aliphatic rings. The summed E-state index contributed by atoms with van der Waals surface area (Å²) in [4.78, 5) is 6.32. The molecular weight excluding hydrogens is 316 g/mol. The summed E-state index contributed by atoms with van der Waals surface area (Å²) >= 11 is 0. The summed E-state index contributed by atoms with van der Waals surface area (Å²) in [5.41, 5.74) is 1.27. The van der Waals surface area contributed by atoms with Crippen molar-refractivity contribution in [3.05, 3.63) is 29.8 Å². The van der Waals surface area contributed by atoms with E-state index in [1.54, 1.807) is 26.1 Å². The molecule has 0 aromatic carbocycles. The molecule has 0 saturated heterocycles. The Morgan fingerprint density at radius 1 is 1.30 bits per heavy atom. The molecule has 8 heteroatoms. The number of unbranched alkanes of at least 4 members (excludes halogenated alkanes) is 1. The number of rotatable bonds is 7. The zero-order valence-corrected chi connectivity index (χ0v) is 14.6. The highest BCUT2D eigenvalue weighted by molar-refractivity contribution is 7.92. The van der Waals surface area contributed by atoms with E-state index in [0.29, 0.717) is 5.69 Å². The molecule has 0 fully saturated rings.